The van der Waals surface area contributed by atoms with Gasteiger partial charge in [0.1, 0.15) is 0 Å². The third-order valence-electron chi connectivity index (χ3n) is 3.36. The first-order chi connectivity index (χ1) is 9.95. The molecule has 0 spiro atoms. The molecule has 0 bridgehead atoms. The fourth-order valence-corrected chi connectivity index (χ4v) is 2.18. The lowest BCUT2D eigenvalue weighted by atomic mass is 10.1. The van der Waals surface area contributed by atoms with Gasteiger partial charge in [0.2, 0.25) is 0 Å². The lowest BCUT2D eigenvalue weighted by Crippen LogP contribution is -2.31. The largest absolute Gasteiger partial charge is 0.466 e. The first-order valence-electron chi connectivity index (χ1n) is 6.76. The van der Waals surface area contributed by atoms with Crippen molar-refractivity contribution in [3.8, 4) is 0 Å². The fourth-order valence-electron chi connectivity index (χ4n) is 2.18. The number of benzene rings is 1. The highest BCUT2D eigenvalue weighted by atomic mass is 16.5. The first-order valence-corrected chi connectivity index (χ1v) is 6.76. The minimum absolute atomic E-state index is 0.174. The predicted octanol–water partition coefficient (Wildman–Crippen LogP) is 2.14. The summed E-state index contributed by atoms with van der Waals surface area (Å²) in [6, 6.07) is 7.08. The number of ether oxygens (including phenoxy) is 1. The van der Waals surface area contributed by atoms with Gasteiger partial charge >= 0.3 is 5.97 Å². The number of nitrogens with zero attached hydrogens (tertiary/aromatic N) is 1. The van der Waals surface area contributed by atoms with Crippen LogP contribution in [0.4, 0.5) is 5.69 Å². The molecule has 0 atom stereocenters. The van der Waals surface area contributed by atoms with Gasteiger partial charge in [-0.15, -0.1) is 0 Å². The summed E-state index contributed by atoms with van der Waals surface area (Å²) in [6.07, 6.45) is -0.174. The lowest BCUT2D eigenvalue weighted by Gasteiger charge is -2.15. The van der Waals surface area contributed by atoms with Crippen LogP contribution in [0, 0.1) is 6.92 Å². The molecule has 5 heteroatoms. The monoisotopic (exact) mass is 287 g/mol. The van der Waals surface area contributed by atoms with Crippen LogP contribution in [-0.4, -0.2) is 24.4 Å². The Labute approximate surface area is 123 Å². The minimum Gasteiger partial charge on any atom is -0.466 e. The van der Waals surface area contributed by atoms with Crippen molar-refractivity contribution < 1.29 is 19.1 Å². The molecule has 21 heavy (non-hydrogen) atoms. The summed E-state index contributed by atoms with van der Waals surface area (Å²) in [6.45, 7) is 5.42. The van der Waals surface area contributed by atoms with Crippen LogP contribution in [0.2, 0.25) is 0 Å². The first kappa shape index (κ1) is 15.0. The van der Waals surface area contributed by atoms with Crippen LogP contribution in [0.25, 0.3) is 0 Å². The van der Waals surface area contributed by atoms with Crippen LogP contribution >= 0.6 is 0 Å². The summed E-state index contributed by atoms with van der Waals surface area (Å²) in [5.74, 6) is -1.34. The highest BCUT2D eigenvalue weighted by Crippen LogP contribution is 2.28. The SMILES string of the molecule is CCOC(=O)CC1=C(C)C(=O)N(c2ccc(C)cc2)C1=O. The zero-order chi connectivity index (χ0) is 15.6. The Morgan fingerprint density at radius 2 is 1.71 bits per heavy atom. The zero-order valence-electron chi connectivity index (χ0n) is 12.3. The van der Waals surface area contributed by atoms with Crippen molar-refractivity contribution in [1.82, 2.24) is 0 Å². The summed E-state index contributed by atoms with van der Waals surface area (Å²) in [7, 11) is 0. The smallest absolute Gasteiger partial charge is 0.310 e. The maximum absolute atomic E-state index is 12.4. The number of amides is 2. The molecule has 0 unspecified atom stereocenters. The third kappa shape index (κ3) is 2.86. The van der Waals surface area contributed by atoms with Gasteiger partial charge in [0.05, 0.1) is 18.7 Å². The van der Waals surface area contributed by atoms with E-state index in [1.54, 1.807) is 26.0 Å². The number of carbonyl (C=O) groups is 3. The van der Waals surface area contributed by atoms with Crippen molar-refractivity contribution in [3.63, 3.8) is 0 Å². The molecule has 5 nitrogen and oxygen atoms in total. The van der Waals surface area contributed by atoms with E-state index in [0.29, 0.717) is 11.3 Å². The number of hydrogen-bond acceptors (Lipinski definition) is 4. The maximum Gasteiger partial charge on any atom is 0.310 e. The zero-order valence-corrected chi connectivity index (χ0v) is 12.3. The van der Waals surface area contributed by atoms with Gasteiger partial charge in [0.25, 0.3) is 11.8 Å². The predicted molar refractivity (Wildman–Crippen MR) is 77.6 cm³/mol. The van der Waals surface area contributed by atoms with Gasteiger partial charge in [-0.2, -0.15) is 0 Å². The quantitative estimate of drug-likeness (QED) is 0.628. The Bertz CT molecular complexity index is 628. The van der Waals surface area contributed by atoms with Gasteiger partial charge in [-0.25, -0.2) is 4.90 Å². The topological polar surface area (TPSA) is 63.7 Å². The maximum atomic E-state index is 12.4. The highest BCUT2D eigenvalue weighted by molar-refractivity contribution is 6.33. The molecule has 1 aromatic rings. The number of hydrogen-bond donors (Lipinski definition) is 0. The summed E-state index contributed by atoms with van der Waals surface area (Å²) in [5, 5.41) is 0. The average molecular weight is 287 g/mol. The van der Waals surface area contributed by atoms with Crippen LogP contribution in [0.15, 0.2) is 35.4 Å². The van der Waals surface area contributed by atoms with Crippen molar-refractivity contribution in [2.45, 2.75) is 27.2 Å². The highest BCUT2D eigenvalue weighted by Gasteiger charge is 2.37. The second-order valence-corrected chi connectivity index (χ2v) is 4.87. The van der Waals surface area contributed by atoms with E-state index in [4.69, 9.17) is 4.74 Å². The molecule has 2 rings (SSSR count). The fraction of sp³-hybridized carbons (Fsp3) is 0.312. The summed E-state index contributed by atoms with van der Waals surface area (Å²) < 4.78 is 4.84. The normalized spacial score (nSPS) is 14.9. The van der Waals surface area contributed by atoms with Gasteiger partial charge in [-0.1, -0.05) is 17.7 Å². The Morgan fingerprint density at radius 1 is 1.10 bits per heavy atom. The molecule has 0 fully saturated rings. The summed E-state index contributed by atoms with van der Waals surface area (Å²) >= 11 is 0. The second kappa shape index (κ2) is 5.91. The molecule has 0 radical (unpaired) electrons. The minimum atomic E-state index is -0.501. The molecule has 0 saturated heterocycles. The number of esters is 1. The van der Waals surface area contributed by atoms with E-state index in [9.17, 15) is 14.4 Å². The van der Waals surface area contributed by atoms with E-state index in [2.05, 4.69) is 0 Å². The molecule has 0 aliphatic carbocycles. The number of carbonyl (C=O) groups excluding carboxylic acids is 3. The van der Waals surface area contributed by atoms with E-state index in [1.807, 2.05) is 19.1 Å². The van der Waals surface area contributed by atoms with Gasteiger partial charge in [0.15, 0.2) is 0 Å². The van der Waals surface area contributed by atoms with E-state index < -0.39 is 11.9 Å². The van der Waals surface area contributed by atoms with Crippen molar-refractivity contribution >= 4 is 23.5 Å². The number of aryl methyl sites for hydroxylation is 1. The Hall–Kier alpha value is -2.43. The Kier molecular flexibility index (Phi) is 4.21. The van der Waals surface area contributed by atoms with Crippen LogP contribution in [0.1, 0.15) is 25.8 Å². The van der Waals surface area contributed by atoms with Crippen molar-refractivity contribution in [2.24, 2.45) is 0 Å². The van der Waals surface area contributed by atoms with Crippen LogP contribution < -0.4 is 4.90 Å². The molecular formula is C16H17NO4. The molecule has 110 valence electrons. The average Bonchev–Trinajstić information content (AvgIpc) is 2.65. The number of rotatable bonds is 4. The molecule has 0 N–H and O–H groups in total. The number of anilines is 1. The summed E-state index contributed by atoms with van der Waals surface area (Å²) in [5.41, 5.74) is 2.05. The molecular weight excluding hydrogens is 270 g/mol. The third-order valence-corrected chi connectivity index (χ3v) is 3.36. The van der Waals surface area contributed by atoms with Crippen molar-refractivity contribution in [2.75, 3.05) is 11.5 Å². The molecule has 1 heterocycles. The lowest BCUT2D eigenvalue weighted by molar-refractivity contribution is -0.142. The molecule has 2 amide bonds. The van der Waals surface area contributed by atoms with Gasteiger partial charge in [0, 0.05) is 11.1 Å². The van der Waals surface area contributed by atoms with Crippen LogP contribution in [0.5, 0.6) is 0 Å². The van der Waals surface area contributed by atoms with Crippen LogP contribution in [0.3, 0.4) is 0 Å². The van der Waals surface area contributed by atoms with Gasteiger partial charge in [-0.05, 0) is 32.9 Å². The van der Waals surface area contributed by atoms with E-state index in [0.717, 1.165) is 10.5 Å². The van der Waals surface area contributed by atoms with Crippen molar-refractivity contribution in [1.29, 1.82) is 0 Å². The van der Waals surface area contributed by atoms with E-state index in [1.165, 1.54) is 0 Å². The molecule has 1 aliphatic rings. The van der Waals surface area contributed by atoms with Crippen LogP contribution in [-0.2, 0) is 19.1 Å². The summed E-state index contributed by atoms with van der Waals surface area (Å²) in [4.78, 5) is 37.3. The van der Waals surface area contributed by atoms with Crippen molar-refractivity contribution in [3.05, 3.63) is 41.0 Å². The molecule has 0 aromatic heterocycles. The molecule has 1 aromatic carbocycles. The molecule has 1 aliphatic heterocycles. The second-order valence-electron chi connectivity index (χ2n) is 4.87. The Balaban J connectivity index is 2.26. The van der Waals surface area contributed by atoms with E-state index >= 15 is 0 Å². The Morgan fingerprint density at radius 3 is 2.29 bits per heavy atom. The standard InChI is InChI=1S/C16H17NO4/c1-4-21-14(18)9-13-11(3)15(19)17(16(13)20)12-7-5-10(2)6-8-12/h5-8H,4,9H2,1-3H3. The van der Waals surface area contributed by atoms with Gasteiger partial charge < -0.3 is 4.74 Å². The number of imide groups is 1. The van der Waals surface area contributed by atoms with Gasteiger partial charge in [-0.3, -0.25) is 14.4 Å². The van der Waals surface area contributed by atoms with E-state index in [-0.39, 0.29) is 24.5 Å². The molecule has 0 saturated carbocycles.